The van der Waals surface area contributed by atoms with Gasteiger partial charge in [0.25, 0.3) is 0 Å². The third-order valence-electron chi connectivity index (χ3n) is 7.22. The van der Waals surface area contributed by atoms with E-state index < -0.39 is 0 Å². The van der Waals surface area contributed by atoms with E-state index in [1.807, 2.05) is 13.1 Å². The SMILES string of the molecule is CN=C(NCC(c1ccc(OC)c(OC)c1)N1CCOCC1)N1CC2CCCCC2C1. The number of rotatable bonds is 6. The lowest BCUT2D eigenvalue weighted by Crippen LogP contribution is -2.47. The third-order valence-corrected chi connectivity index (χ3v) is 7.22. The molecule has 2 saturated heterocycles. The van der Waals surface area contributed by atoms with Crippen LogP contribution < -0.4 is 14.8 Å². The second-order valence-electron chi connectivity index (χ2n) is 8.92. The molecule has 1 aromatic carbocycles. The van der Waals surface area contributed by atoms with Gasteiger partial charge < -0.3 is 24.4 Å². The number of methoxy groups -OCH3 is 2. The van der Waals surface area contributed by atoms with Gasteiger partial charge in [0.15, 0.2) is 17.5 Å². The summed E-state index contributed by atoms with van der Waals surface area (Å²) in [6.07, 6.45) is 5.53. The molecule has 7 nitrogen and oxygen atoms in total. The number of benzene rings is 1. The van der Waals surface area contributed by atoms with Crippen LogP contribution in [0.5, 0.6) is 11.5 Å². The van der Waals surface area contributed by atoms with E-state index in [1.54, 1.807) is 14.2 Å². The topological polar surface area (TPSA) is 58.6 Å². The van der Waals surface area contributed by atoms with Gasteiger partial charge >= 0.3 is 0 Å². The summed E-state index contributed by atoms with van der Waals surface area (Å²) in [4.78, 5) is 9.62. The molecule has 7 heteroatoms. The zero-order chi connectivity index (χ0) is 21.6. The van der Waals surface area contributed by atoms with Crippen LogP contribution in [0, 0.1) is 11.8 Å². The zero-order valence-electron chi connectivity index (χ0n) is 19.3. The Morgan fingerprint density at radius 2 is 1.77 bits per heavy atom. The summed E-state index contributed by atoms with van der Waals surface area (Å²) in [5, 5.41) is 3.70. The summed E-state index contributed by atoms with van der Waals surface area (Å²) in [7, 11) is 5.28. The molecule has 31 heavy (non-hydrogen) atoms. The second kappa shape index (κ2) is 10.6. The van der Waals surface area contributed by atoms with Crippen LogP contribution in [0.1, 0.15) is 37.3 Å². The molecular weight excluding hydrogens is 392 g/mol. The van der Waals surface area contributed by atoms with Gasteiger partial charge in [-0.1, -0.05) is 18.9 Å². The Balaban J connectivity index is 1.48. The molecule has 3 fully saturated rings. The summed E-state index contributed by atoms with van der Waals surface area (Å²) in [5.74, 6) is 4.25. The molecule has 0 bridgehead atoms. The Morgan fingerprint density at radius 1 is 1.10 bits per heavy atom. The maximum atomic E-state index is 5.61. The van der Waals surface area contributed by atoms with E-state index in [0.717, 1.165) is 75.2 Å². The first kappa shape index (κ1) is 22.2. The smallest absolute Gasteiger partial charge is 0.193 e. The van der Waals surface area contributed by atoms with Crippen molar-refractivity contribution in [3.8, 4) is 11.5 Å². The highest BCUT2D eigenvalue weighted by molar-refractivity contribution is 5.80. The largest absolute Gasteiger partial charge is 0.493 e. The molecule has 4 rings (SSSR count). The molecule has 0 aromatic heterocycles. The number of fused-ring (bicyclic) bond motifs is 1. The highest BCUT2D eigenvalue weighted by atomic mass is 16.5. The fourth-order valence-corrected chi connectivity index (χ4v) is 5.51. The monoisotopic (exact) mass is 430 g/mol. The molecule has 1 saturated carbocycles. The first-order valence-electron chi connectivity index (χ1n) is 11.7. The van der Waals surface area contributed by atoms with Crippen molar-refractivity contribution in [3.63, 3.8) is 0 Å². The van der Waals surface area contributed by atoms with Gasteiger partial charge in [0.1, 0.15) is 0 Å². The summed E-state index contributed by atoms with van der Waals surface area (Å²) >= 11 is 0. The fraction of sp³-hybridized carbons (Fsp3) is 0.708. The van der Waals surface area contributed by atoms with Crippen LogP contribution in [0.15, 0.2) is 23.2 Å². The lowest BCUT2D eigenvalue weighted by Gasteiger charge is -2.36. The summed E-state index contributed by atoms with van der Waals surface area (Å²) in [5.41, 5.74) is 1.22. The van der Waals surface area contributed by atoms with Gasteiger partial charge in [-0.05, 0) is 42.4 Å². The summed E-state index contributed by atoms with van der Waals surface area (Å²) in [6.45, 7) is 6.47. The zero-order valence-corrected chi connectivity index (χ0v) is 19.3. The first-order valence-corrected chi connectivity index (χ1v) is 11.7. The molecule has 1 N–H and O–H groups in total. The van der Waals surface area contributed by atoms with Gasteiger partial charge in [-0.15, -0.1) is 0 Å². The molecule has 1 aromatic rings. The van der Waals surface area contributed by atoms with E-state index >= 15 is 0 Å². The fourth-order valence-electron chi connectivity index (χ4n) is 5.51. The number of morpholine rings is 1. The van der Waals surface area contributed by atoms with Crippen LogP contribution in [-0.4, -0.2) is 83.0 Å². The maximum absolute atomic E-state index is 5.61. The van der Waals surface area contributed by atoms with Gasteiger partial charge in [-0.3, -0.25) is 9.89 Å². The van der Waals surface area contributed by atoms with E-state index in [9.17, 15) is 0 Å². The molecule has 3 aliphatic rings. The van der Waals surface area contributed by atoms with Crippen LogP contribution in [0.4, 0.5) is 0 Å². The van der Waals surface area contributed by atoms with Crippen molar-refractivity contribution in [1.82, 2.24) is 15.1 Å². The molecule has 172 valence electrons. The standard InChI is InChI=1S/C24H38N4O3/c1-25-24(28-16-19-6-4-5-7-20(19)17-28)26-15-21(27-10-12-31-13-11-27)18-8-9-22(29-2)23(14-18)30-3/h8-9,14,19-21H,4-7,10-13,15-17H2,1-3H3,(H,25,26). The Hall–Kier alpha value is -1.99. The van der Waals surface area contributed by atoms with Crippen LogP contribution in [0.2, 0.25) is 0 Å². The van der Waals surface area contributed by atoms with E-state index in [1.165, 1.54) is 31.2 Å². The number of nitrogens with zero attached hydrogens (tertiary/aromatic N) is 3. The minimum atomic E-state index is 0.213. The van der Waals surface area contributed by atoms with Crippen LogP contribution >= 0.6 is 0 Å². The van der Waals surface area contributed by atoms with Crippen LogP contribution in [-0.2, 0) is 4.74 Å². The second-order valence-corrected chi connectivity index (χ2v) is 8.92. The lowest BCUT2D eigenvalue weighted by molar-refractivity contribution is 0.0168. The Labute approximate surface area is 186 Å². The van der Waals surface area contributed by atoms with Crippen molar-refractivity contribution in [2.75, 3.05) is 67.2 Å². The van der Waals surface area contributed by atoms with Gasteiger partial charge in [-0.2, -0.15) is 0 Å². The summed E-state index contributed by atoms with van der Waals surface area (Å²) in [6, 6.07) is 6.47. The average Bonchev–Trinajstić information content (AvgIpc) is 3.26. The van der Waals surface area contributed by atoms with Crippen molar-refractivity contribution >= 4 is 5.96 Å². The predicted octanol–water partition coefficient (Wildman–Crippen LogP) is 2.77. The maximum Gasteiger partial charge on any atom is 0.193 e. The number of aliphatic imine (C=N–C) groups is 1. The van der Waals surface area contributed by atoms with Crippen molar-refractivity contribution in [3.05, 3.63) is 23.8 Å². The average molecular weight is 431 g/mol. The number of hydrogen-bond acceptors (Lipinski definition) is 5. The highest BCUT2D eigenvalue weighted by Crippen LogP contribution is 2.36. The number of nitrogens with one attached hydrogen (secondary N) is 1. The van der Waals surface area contributed by atoms with Crippen molar-refractivity contribution in [2.45, 2.75) is 31.7 Å². The van der Waals surface area contributed by atoms with Crippen molar-refractivity contribution in [1.29, 1.82) is 0 Å². The lowest BCUT2D eigenvalue weighted by atomic mass is 9.82. The van der Waals surface area contributed by atoms with Crippen molar-refractivity contribution < 1.29 is 14.2 Å². The molecule has 2 heterocycles. The number of hydrogen-bond donors (Lipinski definition) is 1. The third kappa shape index (κ3) is 5.09. The normalized spacial score (nSPS) is 25.8. The van der Waals surface area contributed by atoms with Gasteiger partial charge in [0, 0.05) is 39.8 Å². The summed E-state index contributed by atoms with van der Waals surface area (Å²) < 4.78 is 16.6. The molecule has 1 aliphatic carbocycles. The molecule has 0 radical (unpaired) electrons. The van der Waals surface area contributed by atoms with Crippen LogP contribution in [0.25, 0.3) is 0 Å². The van der Waals surface area contributed by atoms with Gasteiger partial charge in [0.2, 0.25) is 0 Å². The number of guanidine groups is 1. The minimum absolute atomic E-state index is 0.213. The number of ether oxygens (including phenoxy) is 3. The van der Waals surface area contributed by atoms with Gasteiger partial charge in [-0.25, -0.2) is 0 Å². The highest BCUT2D eigenvalue weighted by Gasteiger charge is 2.36. The molecular formula is C24H38N4O3. The molecule has 0 amide bonds. The predicted molar refractivity (Wildman–Crippen MR) is 123 cm³/mol. The minimum Gasteiger partial charge on any atom is -0.493 e. The van der Waals surface area contributed by atoms with Gasteiger partial charge in [0.05, 0.1) is 33.5 Å². The van der Waals surface area contributed by atoms with E-state index in [4.69, 9.17) is 14.2 Å². The van der Waals surface area contributed by atoms with E-state index in [0.29, 0.717) is 0 Å². The van der Waals surface area contributed by atoms with E-state index in [-0.39, 0.29) is 6.04 Å². The molecule has 3 atom stereocenters. The Bertz CT molecular complexity index is 736. The Kier molecular flexibility index (Phi) is 7.56. The molecule has 3 unspecified atom stereocenters. The molecule has 0 spiro atoms. The van der Waals surface area contributed by atoms with Crippen LogP contribution in [0.3, 0.4) is 0 Å². The quantitative estimate of drug-likeness (QED) is 0.553. The first-order chi connectivity index (χ1) is 15.2. The Morgan fingerprint density at radius 3 is 2.39 bits per heavy atom. The van der Waals surface area contributed by atoms with Crippen molar-refractivity contribution in [2.24, 2.45) is 16.8 Å². The molecule has 2 aliphatic heterocycles. The number of likely N-dealkylation sites (tertiary alicyclic amines) is 1. The van der Waals surface area contributed by atoms with E-state index in [2.05, 4.69) is 32.2 Å².